The van der Waals surface area contributed by atoms with Gasteiger partial charge in [-0.15, -0.1) is 0 Å². The van der Waals surface area contributed by atoms with E-state index < -0.39 is 0 Å². The fraction of sp³-hybridized carbons (Fsp3) is 0. The van der Waals surface area contributed by atoms with Crippen molar-refractivity contribution in [2.75, 3.05) is 0 Å². The normalized spacial score (nSPS) is 10.8. The van der Waals surface area contributed by atoms with Crippen LogP contribution in [0.15, 0.2) is 72.8 Å². The van der Waals surface area contributed by atoms with E-state index in [4.69, 9.17) is 5.39 Å². The minimum Gasteiger partial charge on any atom is -0.309 e. The summed E-state index contributed by atoms with van der Waals surface area (Å²) in [5, 5.41) is 11.3. The van der Waals surface area contributed by atoms with E-state index >= 15 is 0 Å². The van der Waals surface area contributed by atoms with Crippen molar-refractivity contribution >= 4 is 27.5 Å². The molecule has 0 bridgehead atoms. The number of fused-ring (bicyclic) bond motifs is 3. The molecule has 0 aliphatic carbocycles. The number of nitrogens with zero attached hydrogens (tertiary/aromatic N) is 3. The summed E-state index contributed by atoms with van der Waals surface area (Å²) >= 11 is 0. The van der Waals surface area contributed by atoms with Crippen LogP contribution in [-0.4, -0.2) is 4.57 Å². The van der Waals surface area contributed by atoms with Crippen LogP contribution in [0.3, 0.4) is 0 Å². The highest BCUT2D eigenvalue weighted by Gasteiger charge is 2.12. The standard InChI is InChI=1S/C18H12N3/c19-20-13-9-11-14(12-10-13)21-17-7-3-1-5-15(17)16-6-2-4-8-18(16)21/h1-12H/q+1. The highest BCUT2D eigenvalue weighted by atomic mass is 15.0. The maximum absolute atomic E-state index is 8.82. The lowest BCUT2D eigenvalue weighted by Crippen LogP contribution is -1.92. The third-order valence-electron chi connectivity index (χ3n) is 3.80. The molecule has 0 amide bonds. The second kappa shape index (κ2) is 4.46. The van der Waals surface area contributed by atoms with Crippen LogP contribution in [0, 0.1) is 5.39 Å². The molecule has 3 heteroatoms. The first-order valence-corrected chi connectivity index (χ1v) is 6.82. The van der Waals surface area contributed by atoms with Gasteiger partial charge < -0.3 is 4.57 Å². The van der Waals surface area contributed by atoms with Crippen LogP contribution in [-0.2, 0) is 0 Å². The van der Waals surface area contributed by atoms with Gasteiger partial charge in [0.15, 0.2) is 4.98 Å². The molecule has 0 radical (unpaired) electrons. The van der Waals surface area contributed by atoms with Crippen molar-refractivity contribution in [1.82, 2.24) is 4.57 Å². The van der Waals surface area contributed by atoms with E-state index in [1.54, 1.807) is 12.1 Å². The zero-order valence-electron chi connectivity index (χ0n) is 11.3. The van der Waals surface area contributed by atoms with Gasteiger partial charge in [0.2, 0.25) is 5.39 Å². The van der Waals surface area contributed by atoms with E-state index in [1.165, 1.54) is 21.8 Å². The molecule has 1 heterocycles. The quantitative estimate of drug-likeness (QED) is 0.434. The van der Waals surface area contributed by atoms with Gasteiger partial charge in [-0.2, -0.15) is 0 Å². The third-order valence-corrected chi connectivity index (χ3v) is 3.80. The first-order valence-electron chi connectivity index (χ1n) is 6.82. The summed E-state index contributed by atoms with van der Waals surface area (Å²) in [6.45, 7) is 0. The lowest BCUT2D eigenvalue weighted by molar-refractivity contribution is 1.18. The molecule has 0 fully saturated rings. The molecule has 0 N–H and O–H groups in total. The highest BCUT2D eigenvalue weighted by Crippen LogP contribution is 2.32. The Morgan fingerprint density at radius 1 is 0.667 bits per heavy atom. The number of aromatic nitrogens is 1. The number of para-hydroxylation sites is 2. The average Bonchev–Trinajstić information content (AvgIpc) is 2.90. The van der Waals surface area contributed by atoms with Crippen LogP contribution in [0.1, 0.15) is 0 Å². The molecule has 3 nitrogen and oxygen atoms in total. The van der Waals surface area contributed by atoms with E-state index in [2.05, 4.69) is 58.1 Å². The van der Waals surface area contributed by atoms with Crippen molar-refractivity contribution in [2.45, 2.75) is 0 Å². The predicted octanol–water partition coefficient (Wildman–Crippen LogP) is 5.27. The van der Waals surface area contributed by atoms with Crippen LogP contribution < -0.4 is 0 Å². The topological polar surface area (TPSA) is 33.1 Å². The zero-order valence-corrected chi connectivity index (χ0v) is 11.3. The van der Waals surface area contributed by atoms with Crippen molar-refractivity contribution < 1.29 is 0 Å². The second-order valence-corrected chi connectivity index (χ2v) is 4.99. The Balaban J connectivity index is 2.12. The lowest BCUT2D eigenvalue weighted by Gasteiger charge is -2.06. The van der Waals surface area contributed by atoms with Gasteiger partial charge in [-0.25, -0.2) is 0 Å². The van der Waals surface area contributed by atoms with Crippen LogP contribution >= 0.6 is 0 Å². The number of benzene rings is 3. The Hall–Kier alpha value is -3.12. The van der Waals surface area contributed by atoms with E-state index in [0.717, 1.165) is 5.69 Å². The maximum Gasteiger partial charge on any atom is 0.385 e. The van der Waals surface area contributed by atoms with Crippen molar-refractivity contribution in [3.05, 3.63) is 77.8 Å². The molecular weight excluding hydrogens is 258 g/mol. The summed E-state index contributed by atoms with van der Waals surface area (Å²) in [4.78, 5) is 3.21. The Morgan fingerprint density at radius 2 is 1.19 bits per heavy atom. The summed E-state index contributed by atoms with van der Waals surface area (Å²) in [6, 6.07) is 24.3. The molecule has 1 aromatic heterocycles. The van der Waals surface area contributed by atoms with Gasteiger partial charge in [0.05, 0.1) is 11.0 Å². The molecule has 98 valence electrons. The zero-order chi connectivity index (χ0) is 14.2. The largest absolute Gasteiger partial charge is 0.385 e. The number of diazo groups is 1. The molecule has 0 saturated heterocycles. The fourth-order valence-electron chi connectivity index (χ4n) is 2.87. The van der Waals surface area contributed by atoms with E-state index in [-0.39, 0.29) is 0 Å². The van der Waals surface area contributed by atoms with Gasteiger partial charge in [0.25, 0.3) is 0 Å². The van der Waals surface area contributed by atoms with Gasteiger partial charge in [-0.3, -0.25) is 0 Å². The van der Waals surface area contributed by atoms with Crippen LogP contribution in [0.2, 0.25) is 0 Å². The number of hydrogen-bond acceptors (Lipinski definition) is 1. The molecule has 4 rings (SSSR count). The molecule has 0 unspecified atom stereocenters. The first-order chi connectivity index (χ1) is 10.4. The molecule has 3 aromatic carbocycles. The molecule has 21 heavy (non-hydrogen) atoms. The Morgan fingerprint density at radius 3 is 1.71 bits per heavy atom. The third kappa shape index (κ3) is 1.70. The predicted molar refractivity (Wildman–Crippen MR) is 85.5 cm³/mol. The monoisotopic (exact) mass is 270 g/mol. The molecule has 0 saturated carbocycles. The summed E-state index contributed by atoms with van der Waals surface area (Å²) in [5.41, 5.74) is 3.96. The molecule has 0 atom stereocenters. The number of hydrogen-bond donors (Lipinski definition) is 0. The minimum atomic E-state index is 0.555. The fourth-order valence-corrected chi connectivity index (χ4v) is 2.87. The highest BCUT2D eigenvalue weighted by molar-refractivity contribution is 6.09. The average molecular weight is 270 g/mol. The second-order valence-electron chi connectivity index (χ2n) is 4.99. The van der Waals surface area contributed by atoms with Crippen molar-refractivity contribution in [3.8, 4) is 5.69 Å². The summed E-state index contributed by atoms with van der Waals surface area (Å²) in [7, 11) is 0. The van der Waals surface area contributed by atoms with Gasteiger partial charge in [-0.1, -0.05) is 36.4 Å². The lowest BCUT2D eigenvalue weighted by atomic mass is 10.2. The molecule has 0 spiro atoms. The van der Waals surface area contributed by atoms with Crippen molar-refractivity contribution in [1.29, 1.82) is 5.39 Å². The molecule has 0 aliphatic heterocycles. The van der Waals surface area contributed by atoms with Gasteiger partial charge in [-0.05, 0) is 24.3 Å². The molecule has 0 aliphatic rings. The van der Waals surface area contributed by atoms with Gasteiger partial charge in [0, 0.05) is 28.6 Å². The maximum atomic E-state index is 8.82. The van der Waals surface area contributed by atoms with E-state index in [0.29, 0.717) is 5.69 Å². The Bertz CT molecular complexity index is 935. The number of rotatable bonds is 1. The van der Waals surface area contributed by atoms with E-state index in [9.17, 15) is 0 Å². The SMILES string of the molecule is N#[N+]c1ccc(-n2c3ccccc3c3ccccc32)cc1. The Kier molecular flexibility index (Phi) is 2.48. The van der Waals surface area contributed by atoms with Gasteiger partial charge in [0.1, 0.15) is 0 Å². The summed E-state index contributed by atoms with van der Waals surface area (Å²) in [6.07, 6.45) is 0. The van der Waals surface area contributed by atoms with E-state index in [1.807, 2.05) is 12.1 Å². The van der Waals surface area contributed by atoms with Crippen LogP contribution in [0.25, 0.3) is 32.5 Å². The summed E-state index contributed by atoms with van der Waals surface area (Å²) < 4.78 is 2.23. The Labute approximate surface area is 121 Å². The van der Waals surface area contributed by atoms with Crippen LogP contribution in [0.4, 0.5) is 5.69 Å². The first kappa shape index (κ1) is 11.7. The van der Waals surface area contributed by atoms with Crippen molar-refractivity contribution in [3.63, 3.8) is 0 Å². The smallest absolute Gasteiger partial charge is 0.309 e. The minimum absolute atomic E-state index is 0.555. The molecular formula is C18H12N3+. The summed E-state index contributed by atoms with van der Waals surface area (Å²) in [5.74, 6) is 0. The molecule has 4 aromatic rings. The van der Waals surface area contributed by atoms with Gasteiger partial charge >= 0.3 is 5.69 Å². The van der Waals surface area contributed by atoms with Crippen molar-refractivity contribution in [2.24, 2.45) is 0 Å². The van der Waals surface area contributed by atoms with Crippen LogP contribution in [0.5, 0.6) is 0 Å².